The minimum atomic E-state index is 0.110. The SMILES string of the molecule is C/C(=N\NC(N)=S)c1ncccc1N. The number of aromatic nitrogens is 1. The van der Waals surface area contributed by atoms with Crippen LogP contribution in [0.4, 0.5) is 5.69 Å². The average Bonchev–Trinajstić information content (AvgIpc) is 2.15. The van der Waals surface area contributed by atoms with Crippen LogP contribution in [0.15, 0.2) is 23.4 Å². The molecule has 1 rings (SSSR count). The molecule has 1 aromatic heterocycles. The third-order valence-electron chi connectivity index (χ3n) is 1.52. The molecule has 5 nitrogen and oxygen atoms in total. The summed E-state index contributed by atoms with van der Waals surface area (Å²) in [7, 11) is 0. The summed E-state index contributed by atoms with van der Waals surface area (Å²) in [5.74, 6) is 0. The fraction of sp³-hybridized carbons (Fsp3) is 0.125. The molecule has 0 spiro atoms. The number of hydrogen-bond donors (Lipinski definition) is 3. The van der Waals surface area contributed by atoms with Crippen LogP contribution >= 0.6 is 12.2 Å². The van der Waals surface area contributed by atoms with Crippen LogP contribution in [0.3, 0.4) is 0 Å². The Morgan fingerprint density at radius 2 is 2.36 bits per heavy atom. The Hall–Kier alpha value is -1.69. The number of hydrazone groups is 1. The third kappa shape index (κ3) is 2.67. The number of rotatable bonds is 2. The maximum atomic E-state index is 5.69. The summed E-state index contributed by atoms with van der Waals surface area (Å²) < 4.78 is 0. The molecule has 0 unspecified atom stereocenters. The molecule has 1 aromatic rings. The van der Waals surface area contributed by atoms with Crippen molar-refractivity contribution in [3.63, 3.8) is 0 Å². The van der Waals surface area contributed by atoms with Crippen LogP contribution in [0, 0.1) is 0 Å². The lowest BCUT2D eigenvalue weighted by atomic mass is 10.2. The summed E-state index contributed by atoms with van der Waals surface area (Å²) in [5, 5.41) is 4.02. The number of nitrogens with two attached hydrogens (primary N) is 2. The van der Waals surface area contributed by atoms with Gasteiger partial charge in [0.15, 0.2) is 5.11 Å². The van der Waals surface area contributed by atoms with E-state index in [1.165, 1.54) is 0 Å². The van der Waals surface area contributed by atoms with Crippen molar-refractivity contribution in [3.05, 3.63) is 24.0 Å². The second-order valence-corrected chi connectivity index (χ2v) is 3.05. The van der Waals surface area contributed by atoms with Gasteiger partial charge in [0.25, 0.3) is 0 Å². The second kappa shape index (κ2) is 4.52. The van der Waals surface area contributed by atoms with E-state index in [9.17, 15) is 0 Å². The van der Waals surface area contributed by atoms with E-state index in [-0.39, 0.29) is 5.11 Å². The van der Waals surface area contributed by atoms with E-state index < -0.39 is 0 Å². The predicted molar refractivity (Wildman–Crippen MR) is 60.8 cm³/mol. The van der Waals surface area contributed by atoms with Crippen LogP contribution in [0.1, 0.15) is 12.6 Å². The van der Waals surface area contributed by atoms with Crippen LogP contribution < -0.4 is 16.9 Å². The fourth-order valence-electron chi connectivity index (χ4n) is 0.912. The van der Waals surface area contributed by atoms with Gasteiger partial charge in [-0.05, 0) is 31.3 Å². The summed E-state index contributed by atoms with van der Waals surface area (Å²) in [4.78, 5) is 4.08. The first-order valence-electron chi connectivity index (χ1n) is 3.92. The highest BCUT2D eigenvalue weighted by Crippen LogP contribution is 2.07. The number of thiocarbonyl (C=S) groups is 1. The second-order valence-electron chi connectivity index (χ2n) is 2.61. The Bertz CT molecular complexity index is 374. The Labute approximate surface area is 87.2 Å². The monoisotopic (exact) mass is 209 g/mol. The molecule has 0 aliphatic heterocycles. The molecule has 0 radical (unpaired) electrons. The lowest BCUT2D eigenvalue weighted by Crippen LogP contribution is -2.25. The highest BCUT2D eigenvalue weighted by atomic mass is 32.1. The Balaban J connectivity index is 2.89. The van der Waals surface area contributed by atoms with Crippen LogP contribution in [0.25, 0.3) is 0 Å². The molecule has 0 aromatic carbocycles. The molecule has 0 fully saturated rings. The molecule has 0 aliphatic rings. The van der Waals surface area contributed by atoms with Crippen molar-refractivity contribution in [2.45, 2.75) is 6.92 Å². The molecule has 0 aliphatic carbocycles. The molecule has 1 heterocycles. The zero-order valence-corrected chi connectivity index (χ0v) is 8.51. The summed E-state index contributed by atoms with van der Waals surface area (Å²) in [5.41, 5.74) is 15.2. The van der Waals surface area contributed by atoms with Crippen LogP contribution in [-0.4, -0.2) is 15.8 Å². The Morgan fingerprint density at radius 3 is 2.93 bits per heavy atom. The first kappa shape index (κ1) is 10.4. The molecule has 0 saturated heterocycles. The molecular formula is C8H11N5S. The van der Waals surface area contributed by atoms with E-state index in [1.54, 1.807) is 25.3 Å². The van der Waals surface area contributed by atoms with Gasteiger partial charge in [0.2, 0.25) is 0 Å². The number of pyridine rings is 1. The smallest absolute Gasteiger partial charge is 0.184 e. The highest BCUT2D eigenvalue weighted by molar-refractivity contribution is 7.80. The number of anilines is 1. The van der Waals surface area contributed by atoms with E-state index in [2.05, 4.69) is 27.7 Å². The van der Waals surface area contributed by atoms with E-state index in [1.807, 2.05) is 0 Å². The molecule has 14 heavy (non-hydrogen) atoms. The molecule has 5 N–H and O–H groups in total. The van der Waals surface area contributed by atoms with Gasteiger partial charge < -0.3 is 11.5 Å². The van der Waals surface area contributed by atoms with Gasteiger partial charge in [0, 0.05) is 6.20 Å². The lowest BCUT2D eigenvalue weighted by molar-refractivity contribution is 1.02. The minimum absolute atomic E-state index is 0.110. The van der Waals surface area contributed by atoms with E-state index in [4.69, 9.17) is 11.5 Å². The number of hydrogen-bond acceptors (Lipinski definition) is 4. The zero-order valence-electron chi connectivity index (χ0n) is 7.69. The number of nitrogens with one attached hydrogen (secondary N) is 1. The molecule has 0 bridgehead atoms. The van der Waals surface area contributed by atoms with E-state index in [0.717, 1.165) is 0 Å². The first-order chi connectivity index (χ1) is 6.61. The summed E-state index contributed by atoms with van der Waals surface area (Å²) in [6.45, 7) is 1.77. The molecule has 0 amide bonds. The van der Waals surface area contributed by atoms with Crippen LogP contribution in [0.5, 0.6) is 0 Å². The van der Waals surface area contributed by atoms with Gasteiger partial charge >= 0.3 is 0 Å². The van der Waals surface area contributed by atoms with E-state index in [0.29, 0.717) is 17.1 Å². The minimum Gasteiger partial charge on any atom is -0.397 e. The lowest BCUT2D eigenvalue weighted by Gasteiger charge is -2.03. The van der Waals surface area contributed by atoms with Gasteiger partial charge in [-0.15, -0.1) is 0 Å². The third-order valence-corrected chi connectivity index (χ3v) is 1.61. The Morgan fingerprint density at radius 1 is 1.64 bits per heavy atom. The normalized spacial score (nSPS) is 11.1. The van der Waals surface area contributed by atoms with Gasteiger partial charge in [-0.25, -0.2) is 0 Å². The molecular weight excluding hydrogens is 198 g/mol. The topological polar surface area (TPSA) is 89.3 Å². The summed E-state index contributed by atoms with van der Waals surface area (Å²) in [6, 6.07) is 3.51. The highest BCUT2D eigenvalue weighted by Gasteiger charge is 2.02. The van der Waals surface area contributed by atoms with Crippen molar-refractivity contribution >= 4 is 28.7 Å². The first-order valence-corrected chi connectivity index (χ1v) is 4.32. The quantitative estimate of drug-likeness (QED) is 0.368. The Kier molecular flexibility index (Phi) is 3.35. The molecule has 0 saturated carbocycles. The van der Waals surface area contributed by atoms with Crippen molar-refractivity contribution in [3.8, 4) is 0 Å². The van der Waals surface area contributed by atoms with Crippen molar-refractivity contribution in [1.29, 1.82) is 0 Å². The summed E-state index contributed by atoms with van der Waals surface area (Å²) in [6.07, 6.45) is 1.64. The summed E-state index contributed by atoms with van der Waals surface area (Å²) >= 11 is 4.60. The molecule has 74 valence electrons. The standard InChI is InChI=1S/C8H11N5S/c1-5(12-13-8(10)14)7-6(9)3-2-4-11-7/h2-4H,9H2,1H3,(H3,10,13,14)/b12-5+. The molecule has 6 heteroatoms. The fourth-order valence-corrected chi connectivity index (χ4v) is 0.958. The number of nitrogen functional groups attached to an aromatic ring is 1. The maximum absolute atomic E-state index is 5.69. The number of nitrogens with zero attached hydrogens (tertiary/aromatic N) is 2. The van der Waals surface area contributed by atoms with Gasteiger partial charge in [-0.2, -0.15) is 5.10 Å². The largest absolute Gasteiger partial charge is 0.397 e. The van der Waals surface area contributed by atoms with Crippen molar-refractivity contribution in [2.24, 2.45) is 10.8 Å². The van der Waals surface area contributed by atoms with Gasteiger partial charge in [-0.1, -0.05) is 0 Å². The van der Waals surface area contributed by atoms with Crippen molar-refractivity contribution in [2.75, 3.05) is 5.73 Å². The van der Waals surface area contributed by atoms with Gasteiger partial charge in [0.1, 0.15) is 5.69 Å². The molecule has 0 atom stereocenters. The van der Waals surface area contributed by atoms with Gasteiger partial charge in [-0.3, -0.25) is 10.4 Å². The average molecular weight is 209 g/mol. The van der Waals surface area contributed by atoms with Crippen molar-refractivity contribution < 1.29 is 0 Å². The van der Waals surface area contributed by atoms with Gasteiger partial charge in [0.05, 0.1) is 11.4 Å². The van der Waals surface area contributed by atoms with E-state index >= 15 is 0 Å². The predicted octanol–water partition coefficient (Wildman–Crippen LogP) is 0.221. The van der Waals surface area contributed by atoms with Crippen LogP contribution in [-0.2, 0) is 0 Å². The maximum Gasteiger partial charge on any atom is 0.184 e. The zero-order chi connectivity index (χ0) is 10.6. The van der Waals surface area contributed by atoms with Crippen molar-refractivity contribution in [1.82, 2.24) is 10.4 Å². The van der Waals surface area contributed by atoms with Crippen LogP contribution in [0.2, 0.25) is 0 Å².